The van der Waals surface area contributed by atoms with Crippen LogP contribution in [0, 0.1) is 5.82 Å². The number of carbonyl (C=O) groups excluding carboxylic acids is 1. The fraction of sp³-hybridized carbons (Fsp3) is 0.550. The molecule has 2 saturated heterocycles. The number of carbonyl (C=O) groups is 1. The van der Waals surface area contributed by atoms with Crippen LogP contribution in [-0.4, -0.2) is 60.4 Å². The van der Waals surface area contributed by atoms with Gasteiger partial charge in [-0.2, -0.15) is 0 Å². The van der Waals surface area contributed by atoms with Gasteiger partial charge >= 0.3 is 6.09 Å². The summed E-state index contributed by atoms with van der Waals surface area (Å²) in [5.74, 6) is -0.161. The van der Waals surface area contributed by atoms with Crippen LogP contribution in [0.15, 0.2) is 18.3 Å². The molecule has 0 unspecified atom stereocenters. The highest BCUT2D eigenvalue weighted by atomic mass is 19.1. The van der Waals surface area contributed by atoms with Gasteiger partial charge in [0.1, 0.15) is 29.1 Å². The lowest BCUT2D eigenvalue weighted by Gasteiger charge is -2.30. The molecule has 0 radical (unpaired) electrons. The Bertz CT molecular complexity index is 942. The van der Waals surface area contributed by atoms with Gasteiger partial charge in [0.2, 0.25) is 5.88 Å². The third-order valence-corrected chi connectivity index (χ3v) is 4.61. The summed E-state index contributed by atoms with van der Waals surface area (Å²) in [6.45, 7) is 5.80. The molecule has 162 valence electrons. The van der Waals surface area contributed by atoms with Gasteiger partial charge < -0.3 is 29.0 Å². The minimum atomic E-state index is -0.681. The van der Waals surface area contributed by atoms with Crippen LogP contribution in [0.5, 0.6) is 5.88 Å². The number of halogens is 1. The fourth-order valence-corrected chi connectivity index (χ4v) is 3.26. The molecular weight excluding hydrogens is 397 g/mol. The summed E-state index contributed by atoms with van der Waals surface area (Å²) in [5.41, 5.74) is 0.618. The van der Waals surface area contributed by atoms with Gasteiger partial charge in [0.05, 0.1) is 38.1 Å². The SMILES string of the molecule is COc1ccc2ncc(F)c([C@H]3O[C@@H]3C3OCC(NC(=O)OC(C)(C)C)CO3)c2n1. The van der Waals surface area contributed by atoms with Gasteiger partial charge in [-0.15, -0.1) is 0 Å². The van der Waals surface area contributed by atoms with E-state index in [9.17, 15) is 9.18 Å². The number of hydrogen-bond acceptors (Lipinski definition) is 8. The zero-order valence-electron chi connectivity index (χ0n) is 17.2. The minimum Gasteiger partial charge on any atom is -0.481 e. The zero-order chi connectivity index (χ0) is 21.5. The number of nitrogens with zero attached hydrogens (tertiary/aromatic N) is 2. The molecule has 9 nitrogen and oxygen atoms in total. The summed E-state index contributed by atoms with van der Waals surface area (Å²) < 4.78 is 42.0. The summed E-state index contributed by atoms with van der Waals surface area (Å²) in [6.07, 6.45) is -1.13. The monoisotopic (exact) mass is 421 g/mol. The van der Waals surface area contributed by atoms with Crippen LogP contribution < -0.4 is 10.1 Å². The summed E-state index contributed by atoms with van der Waals surface area (Å²) in [7, 11) is 1.49. The predicted octanol–water partition coefficient (Wildman–Crippen LogP) is 2.48. The Labute approximate surface area is 172 Å². The average Bonchev–Trinajstić information content (AvgIpc) is 3.46. The number of alkyl carbamates (subject to hydrolysis) is 1. The van der Waals surface area contributed by atoms with Gasteiger partial charge in [-0.05, 0) is 26.8 Å². The standard InChI is InChI=1S/C20H24FN3O6/c1-20(2,3)30-19(25)23-10-8-27-18(28-9-10)17-16(29-17)14-11(21)7-22-12-5-6-13(26-4)24-15(12)14/h5-7,10,16-18H,8-9H2,1-4H3,(H,23,25)/t10?,16-,17+,18?/m1/s1. The summed E-state index contributed by atoms with van der Waals surface area (Å²) in [6, 6.07) is 3.02. The Hall–Kier alpha value is -2.56. The average molecular weight is 421 g/mol. The first-order chi connectivity index (χ1) is 14.2. The Morgan fingerprint density at radius 3 is 2.67 bits per heavy atom. The number of hydrogen-bond donors (Lipinski definition) is 1. The number of ether oxygens (including phenoxy) is 5. The number of epoxide rings is 1. The van der Waals surface area contributed by atoms with E-state index in [0.717, 1.165) is 6.20 Å². The topological polar surface area (TPSA) is 104 Å². The number of aromatic nitrogens is 2. The zero-order valence-corrected chi connectivity index (χ0v) is 17.2. The molecule has 0 bridgehead atoms. The van der Waals surface area contributed by atoms with Crippen molar-refractivity contribution in [3.63, 3.8) is 0 Å². The largest absolute Gasteiger partial charge is 0.481 e. The van der Waals surface area contributed by atoms with Crippen LogP contribution in [0.4, 0.5) is 9.18 Å². The summed E-state index contributed by atoms with van der Waals surface area (Å²) >= 11 is 0. The van der Waals surface area contributed by atoms with Gasteiger partial charge in [-0.3, -0.25) is 4.98 Å². The van der Waals surface area contributed by atoms with E-state index >= 15 is 0 Å². The van der Waals surface area contributed by atoms with Crippen molar-refractivity contribution in [1.82, 2.24) is 15.3 Å². The first-order valence-electron chi connectivity index (χ1n) is 9.62. The molecule has 10 heteroatoms. The molecule has 30 heavy (non-hydrogen) atoms. The molecule has 0 aliphatic carbocycles. The predicted molar refractivity (Wildman–Crippen MR) is 103 cm³/mol. The molecule has 0 aromatic carbocycles. The molecule has 4 heterocycles. The lowest BCUT2D eigenvalue weighted by atomic mass is 10.1. The Morgan fingerprint density at radius 2 is 2.00 bits per heavy atom. The minimum absolute atomic E-state index is 0.224. The molecule has 0 spiro atoms. The van der Waals surface area contributed by atoms with Crippen LogP contribution in [0.3, 0.4) is 0 Å². The second-order valence-electron chi connectivity index (χ2n) is 8.14. The van der Waals surface area contributed by atoms with E-state index < -0.39 is 36.0 Å². The van der Waals surface area contributed by atoms with Crippen molar-refractivity contribution in [3.05, 3.63) is 29.7 Å². The molecule has 1 amide bonds. The number of nitrogens with one attached hydrogen (secondary N) is 1. The van der Waals surface area contributed by atoms with Gasteiger partial charge in [0.25, 0.3) is 0 Å². The third kappa shape index (κ3) is 4.45. The molecule has 4 rings (SSSR count). The van der Waals surface area contributed by atoms with Crippen LogP contribution in [-0.2, 0) is 18.9 Å². The lowest BCUT2D eigenvalue weighted by Crippen LogP contribution is -2.49. The van der Waals surface area contributed by atoms with Crippen molar-refractivity contribution in [2.75, 3.05) is 20.3 Å². The molecule has 2 aromatic rings. The van der Waals surface area contributed by atoms with Crippen molar-refractivity contribution in [3.8, 4) is 5.88 Å². The highest BCUT2D eigenvalue weighted by Gasteiger charge is 2.51. The van der Waals surface area contributed by atoms with Gasteiger partial charge in [-0.25, -0.2) is 14.2 Å². The molecule has 0 saturated carbocycles. The first kappa shape index (κ1) is 20.7. The molecule has 2 aromatic heterocycles. The highest BCUT2D eigenvalue weighted by Crippen LogP contribution is 2.45. The Kier molecular flexibility index (Phi) is 5.48. The van der Waals surface area contributed by atoms with Gasteiger partial charge in [0, 0.05) is 11.6 Å². The quantitative estimate of drug-likeness (QED) is 0.751. The number of methoxy groups -OCH3 is 1. The van der Waals surface area contributed by atoms with Crippen molar-refractivity contribution in [2.45, 2.75) is 50.9 Å². The van der Waals surface area contributed by atoms with E-state index in [1.807, 2.05) is 0 Å². The molecule has 2 aliphatic rings. The van der Waals surface area contributed by atoms with Crippen LogP contribution in [0.1, 0.15) is 32.4 Å². The normalized spacial score (nSPS) is 26.3. The smallest absolute Gasteiger partial charge is 0.408 e. The third-order valence-electron chi connectivity index (χ3n) is 4.61. The van der Waals surface area contributed by atoms with Gasteiger partial charge in [-0.1, -0.05) is 0 Å². The van der Waals surface area contributed by atoms with E-state index in [0.29, 0.717) is 22.5 Å². The fourth-order valence-electron chi connectivity index (χ4n) is 3.26. The molecule has 2 aliphatic heterocycles. The van der Waals surface area contributed by atoms with E-state index in [1.54, 1.807) is 32.9 Å². The molecular formula is C20H24FN3O6. The van der Waals surface area contributed by atoms with Crippen LogP contribution in [0.2, 0.25) is 0 Å². The molecule has 2 atom stereocenters. The number of fused-ring (bicyclic) bond motifs is 1. The van der Waals surface area contributed by atoms with E-state index in [-0.39, 0.29) is 19.3 Å². The Balaban J connectivity index is 1.39. The number of pyridine rings is 2. The molecule has 2 fully saturated rings. The van der Waals surface area contributed by atoms with Crippen LogP contribution >= 0.6 is 0 Å². The van der Waals surface area contributed by atoms with E-state index in [4.69, 9.17) is 23.7 Å². The van der Waals surface area contributed by atoms with E-state index in [1.165, 1.54) is 7.11 Å². The van der Waals surface area contributed by atoms with Crippen molar-refractivity contribution < 1.29 is 32.9 Å². The summed E-state index contributed by atoms with van der Waals surface area (Å²) in [4.78, 5) is 20.3. The molecule has 1 N–H and O–H groups in total. The van der Waals surface area contributed by atoms with Crippen molar-refractivity contribution in [2.24, 2.45) is 0 Å². The highest BCUT2D eigenvalue weighted by molar-refractivity contribution is 5.79. The van der Waals surface area contributed by atoms with E-state index in [2.05, 4.69) is 15.3 Å². The van der Waals surface area contributed by atoms with Gasteiger partial charge in [0.15, 0.2) is 6.29 Å². The number of amides is 1. The maximum Gasteiger partial charge on any atom is 0.408 e. The van der Waals surface area contributed by atoms with Crippen LogP contribution in [0.25, 0.3) is 11.0 Å². The first-order valence-corrected chi connectivity index (χ1v) is 9.62. The maximum absolute atomic E-state index is 14.6. The number of rotatable bonds is 4. The van der Waals surface area contributed by atoms with Crippen molar-refractivity contribution >= 4 is 17.1 Å². The summed E-state index contributed by atoms with van der Waals surface area (Å²) in [5, 5.41) is 2.70. The second-order valence-corrected chi connectivity index (χ2v) is 8.14. The Morgan fingerprint density at radius 1 is 1.27 bits per heavy atom. The lowest BCUT2D eigenvalue weighted by molar-refractivity contribution is -0.197. The second kappa shape index (κ2) is 7.93. The maximum atomic E-state index is 14.6. The van der Waals surface area contributed by atoms with Crippen molar-refractivity contribution in [1.29, 1.82) is 0 Å².